The summed E-state index contributed by atoms with van der Waals surface area (Å²) >= 11 is 0. The first-order valence-electron chi connectivity index (χ1n) is 6.98. The zero-order valence-corrected chi connectivity index (χ0v) is 13.5. The Bertz CT molecular complexity index is 846. The second kappa shape index (κ2) is 5.58. The number of nitrogens with one attached hydrogen (secondary N) is 1. The van der Waals surface area contributed by atoms with Crippen LogP contribution in [0.3, 0.4) is 0 Å². The fraction of sp³-hybridized carbons (Fsp3) is 0.286. The Labute approximate surface area is 133 Å². The number of aromatic nitrogens is 1. The standard InChI is InChI=1S/C14H16N4O4S/c1-10-11(9-16-22-10)14(19)15-7-8-18-13-6-4-3-5-12(13)17(2)23(18,20)21/h3-6,9H,7-8H2,1-2H3,(H,15,19). The first kappa shape index (κ1) is 15.3. The van der Waals surface area contributed by atoms with Crippen LogP contribution in [0.15, 0.2) is 35.0 Å². The maximum atomic E-state index is 12.4. The highest BCUT2D eigenvalue weighted by Gasteiger charge is 2.37. The van der Waals surface area contributed by atoms with Crippen LogP contribution in [-0.4, -0.2) is 39.6 Å². The van der Waals surface area contributed by atoms with Gasteiger partial charge in [0.05, 0.1) is 24.1 Å². The third-order valence-corrected chi connectivity index (χ3v) is 5.54. The number of amides is 1. The number of fused-ring (bicyclic) bond motifs is 1. The predicted octanol–water partition coefficient (Wildman–Crippen LogP) is 0.914. The van der Waals surface area contributed by atoms with Crippen LogP contribution in [0.4, 0.5) is 11.4 Å². The summed E-state index contributed by atoms with van der Waals surface area (Å²) in [6, 6.07) is 7.04. The molecule has 0 bridgehead atoms. The number of para-hydroxylation sites is 2. The molecule has 3 rings (SSSR count). The lowest BCUT2D eigenvalue weighted by molar-refractivity contribution is 0.0953. The minimum absolute atomic E-state index is 0.139. The molecule has 1 amide bonds. The quantitative estimate of drug-likeness (QED) is 0.895. The molecule has 1 N–H and O–H groups in total. The van der Waals surface area contributed by atoms with Crippen LogP contribution in [0.5, 0.6) is 0 Å². The van der Waals surface area contributed by atoms with Crippen LogP contribution in [-0.2, 0) is 10.2 Å². The number of aryl methyl sites for hydroxylation is 1. The van der Waals surface area contributed by atoms with Crippen molar-refractivity contribution in [2.45, 2.75) is 6.92 Å². The van der Waals surface area contributed by atoms with Crippen molar-refractivity contribution in [1.82, 2.24) is 10.5 Å². The Hall–Kier alpha value is -2.55. The molecule has 0 fully saturated rings. The average Bonchev–Trinajstić information content (AvgIpc) is 3.03. The highest BCUT2D eigenvalue weighted by Crippen LogP contribution is 2.38. The second-order valence-electron chi connectivity index (χ2n) is 5.09. The highest BCUT2D eigenvalue weighted by molar-refractivity contribution is 7.94. The molecule has 1 aromatic heterocycles. The SMILES string of the molecule is Cc1oncc1C(=O)NCCN1c2ccccc2N(C)S1(=O)=O. The summed E-state index contributed by atoms with van der Waals surface area (Å²) in [4.78, 5) is 12.0. The molecule has 2 aromatic rings. The summed E-state index contributed by atoms with van der Waals surface area (Å²) in [5, 5.41) is 6.21. The lowest BCUT2D eigenvalue weighted by atomic mass is 10.2. The van der Waals surface area contributed by atoms with Gasteiger partial charge in [0, 0.05) is 13.6 Å². The highest BCUT2D eigenvalue weighted by atomic mass is 32.2. The molecule has 0 radical (unpaired) electrons. The smallest absolute Gasteiger partial charge is 0.326 e. The van der Waals surface area contributed by atoms with Gasteiger partial charge in [-0.05, 0) is 19.1 Å². The molecule has 8 nitrogen and oxygen atoms in total. The van der Waals surface area contributed by atoms with Gasteiger partial charge in [-0.15, -0.1) is 0 Å². The van der Waals surface area contributed by atoms with Gasteiger partial charge < -0.3 is 9.84 Å². The monoisotopic (exact) mass is 336 g/mol. The van der Waals surface area contributed by atoms with Gasteiger partial charge in [-0.3, -0.25) is 9.10 Å². The minimum Gasteiger partial charge on any atom is -0.361 e. The number of carbonyl (C=O) groups is 1. The second-order valence-corrected chi connectivity index (χ2v) is 6.97. The van der Waals surface area contributed by atoms with Crippen molar-refractivity contribution < 1.29 is 17.7 Å². The summed E-state index contributed by atoms with van der Waals surface area (Å²) < 4.78 is 32.2. The summed E-state index contributed by atoms with van der Waals surface area (Å²) in [5.74, 6) is 0.0726. The van der Waals surface area contributed by atoms with Crippen LogP contribution in [0.2, 0.25) is 0 Å². The Balaban J connectivity index is 1.71. The summed E-state index contributed by atoms with van der Waals surface area (Å²) in [6.45, 7) is 1.95. The van der Waals surface area contributed by atoms with E-state index in [9.17, 15) is 13.2 Å². The topological polar surface area (TPSA) is 95.8 Å². The number of rotatable bonds is 4. The first-order chi connectivity index (χ1) is 10.9. The Morgan fingerprint density at radius 3 is 2.65 bits per heavy atom. The number of anilines is 2. The van der Waals surface area contributed by atoms with E-state index in [2.05, 4.69) is 10.5 Å². The van der Waals surface area contributed by atoms with Crippen LogP contribution < -0.4 is 13.9 Å². The van der Waals surface area contributed by atoms with Crippen molar-refractivity contribution in [1.29, 1.82) is 0 Å². The van der Waals surface area contributed by atoms with Crippen molar-refractivity contribution in [3.05, 3.63) is 41.8 Å². The van der Waals surface area contributed by atoms with E-state index in [1.165, 1.54) is 21.9 Å². The molecule has 0 saturated carbocycles. The van der Waals surface area contributed by atoms with Crippen LogP contribution >= 0.6 is 0 Å². The number of nitrogens with zero attached hydrogens (tertiary/aromatic N) is 3. The van der Waals surface area contributed by atoms with E-state index in [1.807, 2.05) is 0 Å². The third-order valence-electron chi connectivity index (χ3n) is 3.71. The molecule has 122 valence electrons. The summed E-state index contributed by atoms with van der Waals surface area (Å²) in [5.41, 5.74) is 1.56. The fourth-order valence-electron chi connectivity index (χ4n) is 2.46. The molecule has 0 unspecified atom stereocenters. The zero-order chi connectivity index (χ0) is 16.6. The zero-order valence-electron chi connectivity index (χ0n) is 12.7. The van der Waals surface area contributed by atoms with Crippen LogP contribution in [0, 0.1) is 6.92 Å². The molecule has 1 aliphatic rings. The van der Waals surface area contributed by atoms with Gasteiger partial charge in [0.15, 0.2) is 0 Å². The van der Waals surface area contributed by atoms with Gasteiger partial charge >= 0.3 is 10.2 Å². The van der Waals surface area contributed by atoms with E-state index in [4.69, 9.17) is 4.52 Å². The van der Waals surface area contributed by atoms with Gasteiger partial charge in [0.2, 0.25) is 0 Å². The lowest BCUT2D eigenvalue weighted by Crippen LogP contribution is -2.40. The number of hydrogen-bond acceptors (Lipinski definition) is 5. The number of carbonyl (C=O) groups excluding carboxylic acids is 1. The van der Waals surface area contributed by atoms with Gasteiger partial charge in [-0.2, -0.15) is 8.42 Å². The van der Waals surface area contributed by atoms with Crippen molar-refractivity contribution in [2.24, 2.45) is 0 Å². The Kier molecular flexibility index (Phi) is 3.72. The van der Waals surface area contributed by atoms with Crippen molar-refractivity contribution in [3.63, 3.8) is 0 Å². The van der Waals surface area contributed by atoms with E-state index in [0.29, 0.717) is 22.7 Å². The Morgan fingerprint density at radius 1 is 1.30 bits per heavy atom. The molecule has 0 saturated heterocycles. The van der Waals surface area contributed by atoms with E-state index in [0.717, 1.165) is 0 Å². The van der Waals surface area contributed by atoms with Gasteiger partial charge in [0.25, 0.3) is 5.91 Å². The van der Waals surface area contributed by atoms with Gasteiger partial charge in [0.1, 0.15) is 11.3 Å². The summed E-state index contributed by atoms with van der Waals surface area (Å²) in [7, 11) is -2.09. The molecule has 0 spiro atoms. The molecule has 0 aliphatic carbocycles. The summed E-state index contributed by atoms with van der Waals surface area (Å²) in [6.07, 6.45) is 1.33. The molecule has 0 atom stereocenters. The molecule has 9 heteroatoms. The van der Waals surface area contributed by atoms with E-state index in [-0.39, 0.29) is 19.0 Å². The van der Waals surface area contributed by atoms with E-state index < -0.39 is 10.2 Å². The maximum Gasteiger partial charge on any atom is 0.326 e. The molecular weight excluding hydrogens is 320 g/mol. The van der Waals surface area contributed by atoms with E-state index >= 15 is 0 Å². The number of hydrogen-bond donors (Lipinski definition) is 1. The molecule has 2 heterocycles. The third kappa shape index (κ3) is 2.52. The molecule has 1 aliphatic heterocycles. The molecule has 23 heavy (non-hydrogen) atoms. The van der Waals surface area contributed by atoms with Crippen LogP contribution in [0.25, 0.3) is 0 Å². The number of benzene rings is 1. The van der Waals surface area contributed by atoms with Crippen molar-refractivity contribution >= 4 is 27.5 Å². The van der Waals surface area contributed by atoms with Crippen molar-refractivity contribution in [2.75, 3.05) is 28.7 Å². The first-order valence-corrected chi connectivity index (χ1v) is 8.37. The Morgan fingerprint density at radius 2 is 2.00 bits per heavy atom. The lowest BCUT2D eigenvalue weighted by Gasteiger charge is -2.19. The largest absolute Gasteiger partial charge is 0.361 e. The van der Waals surface area contributed by atoms with Crippen LogP contribution in [0.1, 0.15) is 16.1 Å². The van der Waals surface area contributed by atoms with Crippen molar-refractivity contribution in [3.8, 4) is 0 Å². The molecule has 1 aromatic carbocycles. The predicted molar refractivity (Wildman–Crippen MR) is 84.7 cm³/mol. The van der Waals surface area contributed by atoms with Gasteiger partial charge in [-0.25, -0.2) is 4.31 Å². The fourth-order valence-corrected chi connectivity index (χ4v) is 3.88. The maximum absolute atomic E-state index is 12.4. The average molecular weight is 336 g/mol. The van der Waals surface area contributed by atoms with Gasteiger partial charge in [-0.1, -0.05) is 17.3 Å². The minimum atomic E-state index is -3.60. The normalized spacial score (nSPS) is 15.6. The van der Waals surface area contributed by atoms with E-state index in [1.54, 1.807) is 31.2 Å². The molecular formula is C14H16N4O4S.